The molecule has 0 spiro atoms. The maximum absolute atomic E-state index is 11.5. The van der Waals surface area contributed by atoms with Crippen LogP contribution in [0.1, 0.15) is 45.2 Å². The van der Waals surface area contributed by atoms with E-state index in [1.54, 1.807) is 14.2 Å². The highest BCUT2D eigenvalue weighted by Crippen LogP contribution is 2.49. The summed E-state index contributed by atoms with van der Waals surface area (Å²) in [5.41, 5.74) is 1.80. The van der Waals surface area contributed by atoms with Gasteiger partial charge in [-0.1, -0.05) is 51.1 Å². The molecule has 1 aliphatic carbocycles. The molecule has 1 aromatic carbocycles. The average molecular weight is 304 g/mol. The van der Waals surface area contributed by atoms with Gasteiger partial charge in [0, 0.05) is 26.2 Å². The lowest BCUT2D eigenvalue weighted by molar-refractivity contribution is -0.219. The van der Waals surface area contributed by atoms with Crippen molar-refractivity contribution in [3.05, 3.63) is 47.0 Å². The SMILES string of the molecule is CCC(OC)(OC)c1ccccc1C1(O)C(C)=CC(C)C1C. The van der Waals surface area contributed by atoms with Crippen LogP contribution in [-0.4, -0.2) is 19.3 Å². The van der Waals surface area contributed by atoms with Gasteiger partial charge in [-0.3, -0.25) is 0 Å². The van der Waals surface area contributed by atoms with Gasteiger partial charge in [-0.15, -0.1) is 0 Å². The molecule has 3 atom stereocenters. The van der Waals surface area contributed by atoms with Crippen molar-refractivity contribution >= 4 is 0 Å². The summed E-state index contributed by atoms with van der Waals surface area (Å²) in [5.74, 6) is -0.394. The second-order valence-electron chi connectivity index (χ2n) is 6.32. The highest BCUT2D eigenvalue weighted by molar-refractivity contribution is 5.44. The van der Waals surface area contributed by atoms with Gasteiger partial charge in [0.2, 0.25) is 0 Å². The molecule has 0 aromatic heterocycles. The third kappa shape index (κ3) is 2.32. The van der Waals surface area contributed by atoms with Crippen molar-refractivity contribution in [1.29, 1.82) is 0 Å². The molecule has 0 heterocycles. The van der Waals surface area contributed by atoms with Gasteiger partial charge in [-0.25, -0.2) is 0 Å². The molecule has 22 heavy (non-hydrogen) atoms. The van der Waals surface area contributed by atoms with E-state index in [1.807, 2.05) is 38.1 Å². The van der Waals surface area contributed by atoms with Crippen LogP contribution in [0.5, 0.6) is 0 Å². The molecule has 3 heteroatoms. The monoisotopic (exact) mass is 304 g/mol. The van der Waals surface area contributed by atoms with Crippen molar-refractivity contribution < 1.29 is 14.6 Å². The summed E-state index contributed by atoms with van der Waals surface area (Å²) in [6.07, 6.45) is 2.83. The van der Waals surface area contributed by atoms with Crippen LogP contribution in [0.2, 0.25) is 0 Å². The van der Waals surface area contributed by atoms with Crippen molar-refractivity contribution in [2.45, 2.75) is 45.5 Å². The largest absolute Gasteiger partial charge is 0.380 e. The Balaban J connectivity index is 2.66. The molecule has 0 radical (unpaired) electrons. The van der Waals surface area contributed by atoms with E-state index in [0.717, 1.165) is 16.7 Å². The lowest BCUT2D eigenvalue weighted by atomic mass is 9.75. The summed E-state index contributed by atoms with van der Waals surface area (Å²) in [5, 5.41) is 11.5. The Morgan fingerprint density at radius 1 is 1.18 bits per heavy atom. The van der Waals surface area contributed by atoms with E-state index >= 15 is 0 Å². The van der Waals surface area contributed by atoms with Gasteiger partial charge in [0.15, 0.2) is 5.79 Å². The molecular formula is C19H28O3. The fourth-order valence-corrected chi connectivity index (χ4v) is 3.79. The van der Waals surface area contributed by atoms with Crippen molar-refractivity contribution in [2.24, 2.45) is 11.8 Å². The molecule has 122 valence electrons. The second-order valence-corrected chi connectivity index (χ2v) is 6.32. The summed E-state index contributed by atoms with van der Waals surface area (Å²) in [6, 6.07) is 7.91. The minimum absolute atomic E-state index is 0.108. The van der Waals surface area contributed by atoms with Crippen molar-refractivity contribution in [1.82, 2.24) is 0 Å². The van der Waals surface area contributed by atoms with E-state index in [4.69, 9.17) is 9.47 Å². The summed E-state index contributed by atoms with van der Waals surface area (Å²) in [7, 11) is 3.30. The molecule has 2 rings (SSSR count). The molecule has 0 aliphatic heterocycles. The first kappa shape index (κ1) is 17.2. The fourth-order valence-electron chi connectivity index (χ4n) is 3.79. The summed E-state index contributed by atoms with van der Waals surface area (Å²) in [6.45, 7) is 8.28. The zero-order valence-corrected chi connectivity index (χ0v) is 14.5. The van der Waals surface area contributed by atoms with E-state index in [9.17, 15) is 5.11 Å². The van der Waals surface area contributed by atoms with Crippen LogP contribution in [0.4, 0.5) is 0 Å². The van der Waals surface area contributed by atoms with Gasteiger partial charge < -0.3 is 14.6 Å². The minimum Gasteiger partial charge on any atom is -0.380 e. The molecule has 0 fully saturated rings. The van der Waals surface area contributed by atoms with Crippen molar-refractivity contribution in [2.75, 3.05) is 14.2 Å². The van der Waals surface area contributed by atoms with Gasteiger partial charge >= 0.3 is 0 Å². The molecule has 1 aromatic rings. The highest BCUT2D eigenvalue weighted by atomic mass is 16.7. The molecule has 0 saturated carbocycles. The number of allylic oxidation sites excluding steroid dienone is 1. The summed E-state index contributed by atoms with van der Waals surface area (Å²) < 4.78 is 11.4. The topological polar surface area (TPSA) is 38.7 Å². The number of methoxy groups -OCH3 is 2. The standard InChI is InChI=1S/C19H28O3/c1-7-18(21-5,22-6)16-10-8-9-11-17(16)19(20)14(3)12-13(2)15(19)4/h8-13,15,20H,7H2,1-6H3. The number of ether oxygens (including phenoxy) is 2. The fraction of sp³-hybridized carbons (Fsp3) is 0.579. The smallest absolute Gasteiger partial charge is 0.194 e. The molecule has 1 N–H and O–H groups in total. The molecular weight excluding hydrogens is 276 g/mol. The predicted octanol–water partition coefficient (Wildman–Crippen LogP) is 3.96. The molecule has 0 amide bonds. The molecule has 0 saturated heterocycles. The summed E-state index contributed by atoms with van der Waals surface area (Å²) >= 11 is 0. The Labute approximate surface area is 134 Å². The van der Waals surface area contributed by atoms with E-state index in [-0.39, 0.29) is 5.92 Å². The maximum Gasteiger partial charge on any atom is 0.194 e. The van der Waals surface area contributed by atoms with Crippen LogP contribution in [0.25, 0.3) is 0 Å². The Morgan fingerprint density at radius 2 is 1.77 bits per heavy atom. The lowest BCUT2D eigenvalue weighted by Gasteiger charge is -2.39. The Hall–Kier alpha value is -1.16. The van der Waals surface area contributed by atoms with Gasteiger partial charge in [0.05, 0.1) is 0 Å². The third-order valence-corrected chi connectivity index (χ3v) is 5.43. The number of hydrogen-bond acceptors (Lipinski definition) is 3. The van der Waals surface area contributed by atoms with Gasteiger partial charge in [-0.2, -0.15) is 0 Å². The number of hydrogen-bond donors (Lipinski definition) is 1. The minimum atomic E-state index is -0.979. The quantitative estimate of drug-likeness (QED) is 0.661. The third-order valence-electron chi connectivity index (χ3n) is 5.43. The van der Waals surface area contributed by atoms with E-state index in [1.165, 1.54) is 0 Å². The first-order valence-electron chi connectivity index (χ1n) is 7.99. The van der Waals surface area contributed by atoms with E-state index in [0.29, 0.717) is 12.3 Å². The van der Waals surface area contributed by atoms with Crippen LogP contribution in [0.3, 0.4) is 0 Å². The van der Waals surface area contributed by atoms with E-state index < -0.39 is 11.4 Å². The van der Waals surface area contributed by atoms with E-state index in [2.05, 4.69) is 19.9 Å². The summed E-state index contributed by atoms with van der Waals surface area (Å²) in [4.78, 5) is 0. The van der Waals surface area contributed by atoms with Crippen molar-refractivity contribution in [3.63, 3.8) is 0 Å². The van der Waals surface area contributed by atoms with Crippen LogP contribution in [0.15, 0.2) is 35.9 Å². The molecule has 0 bridgehead atoms. The van der Waals surface area contributed by atoms with Crippen LogP contribution < -0.4 is 0 Å². The van der Waals surface area contributed by atoms with Gasteiger partial charge in [0.25, 0.3) is 0 Å². The van der Waals surface area contributed by atoms with Gasteiger partial charge in [-0.05, 0) is 29.9 Å². The maximum atomic E-state index is 11.5. The normalized spacial score (nSPS) is 28.8. The second kappa shape index (κ2) is 6.15. The molecule has 1 aliphatic rings. The first-order chi connectivity index (χ1) is 10.4. The Kier molecular flexibility index (Phi) is 4.81. The Bertz CT molecular complexity index is 551. The number of rotatable bonds is 5. The van der Waals surface area contributed by atoms with Crippen molar-refractivity contribution in [3.8, 4) is 0 Å². The zero-order valence-electron chi connectivity index (χ0n) is 14.5. The average Bonchev–Trinajstić information content (AvgIpc) is 2.74. The van der Waals surface area contributed by atoms with Crippen LogP contribution in [0, 0.1) is 11.8 Å². The molecule has 3 unspecified atom stereocenters. The predicted molar refractivity (Wildman–Crippen MR) is 88.4 cm³/mol. The number of aliphatic hydroxyl groups is 1. The van der Waals surface area contributed by atoms with Crippen LogP contribution in [-0.2, 0) is 20.9 Å². The Morgan fingerprint density at radius 3 is 2.23 bits per heavy atom. The number of benzene rings is 1. The van der Waals surface area contributed by atoms with Gasteiger partial charge in [0.1, 0.15) is 5.60 Å². The zero-order chi connectivity index (χ0) is 16.5. The lowest BCUT2D eigenvalue weighted by Crippen LogP contribution is -2.39. The highest BCUT2D eigenvalue weighted by Gasteiger charge is 2.47. The first-order valence-corrected chi connectivity index (χ1v) is 7.99. The van der Waals surface area contributed by atoms with Crippen LogP contribution >= 0.6 is 0 Å². The molecule has 3 nitrogen and oxygen atoms in total.